The first-order chi connectivity index (χ1) is 13.4. The molecule has 9 heteroatoms. The molecule has 0 spiro atoms. The van der Waals surface area contributed by atoms with Crippen LogP contribution in [0.5, 0.6) is 5.75 Å². The fourth-order valence-electron chi connectivity index (χ4n) is 2.21. The van der Waals surface area contributed by atoms with E-state index in [1.807, 2.05) is 19.1 Å². The largest absolute Gasteiger partial charge is 0.490 e. The van der Waals surface area contributed by atoms with Gasteiger partial charge in [-0.05, 0) is 64.9 Å². The first-order valence-electron chi connectivity index (χ1n) is 8.31. The zero-order valence-electron chi connectivity index (χ0n) is 15.4. The first-order valence-corrected chi connectivity index (χ1v) is 9.51. The summed E-state index contributed by atoms with van der Waals surface area (Å²) < 4.78 is 11.1. The lowest BCUT2D eigenvalue weighted by molar-refractivity contribution is 0.0934. The Balaban J connectivity index is 1.88. The predicted octanol–water partition coefficient (Wildman–Crippen LogP) is 2.73. The van der Waals surface area contributed by atoms with E-state index in [1.54, 1.807) is 37.4 Å². The predicted molar refractivity (Wildman–Crippen MR) is 113 cm³/mol. The van der Waals surface area contributed by atoms with Crippen molar-refractivity contribution in [3.8, 4) is 5.75 Å². The van der Waals surface area contributed by atoms with E-state index in [-0.39, 0.29) is 11.0 Å². The number of aryl methyl sites for hydroxylation is 1. The smallest absolute Gasteiger partial charge is 0.269 e. The number of ether oxygens (including phenoxy) is 2. The second-order valence-corrected chi connectivity index (χ2v) is 6.93. The molecule has 148 valence electrons. The molecule has 0 saturated heterocycles. The van der Waals surface area contributed by atoms with Crippen molar-refractivity contribution in [1.82, 2.24) is 16.2 Å². The minimum atomic E-state index is -0.424. The lowest BCUT2D eigenvalue weighted by Crippen LogP contribution is -2.48. The van der Waals surface area contributed by atoms with Gasteiger partial charge in [0, 0.05) is 18.2 Å². The molecule has 28 heavy (non-hydrogen) atoms. The number of hydrogen-bond acceptors (Lipinski definition) is 5. The summed E-state index contributed by atoms with van der Waals surface area (Å²) in [6, 6.07) is 12.0. The van der Waals surface area contributed by atoms with Crippen molar-refractivity contribution >= 4 is 45.1 Å². The average Bonchev–Trinajstić information content (AvgIpc) is 2.67. The summed E-state index contributed by atoms with van der Waals surface area (Å²) in [5.74, 6) is -0.179. The zero-order valence-corrected chi connectivity index (χ0v) is 17.8. The van der Waals surface area contributed by atoms with E-state index < -0.39 is 5.91 Å². The molecular weight excluding hydrogens is 446 g/mol. The van der Waals surface area contributed by atoms with E-state index in [1.165, 1.54) is 0 Å². The molecule has 0 fully saturated rings. The molecule has 0 aliphatic carbocycles. The van der Waals surface area contributed by atoms with Crippen LogP contribution in [0.1, 0.15) is 26.3 Å². The van der Waals surface area contributed by atoms with Gasteiger partial charge in [-0.3, -0.25) is 25.8 Å². The third-order valence-electron chi connectivity index (χ3n) is 3.65. The molecule has 2 aromatic carbocycles. The summed E-state index contributed by atoms with van der Waals surface area (Å²) >= 11 is 8.42. The van der Waals surface area contributed by atoms with Gasteiger partial charge in [0.05, 0.1) is 11.1 Å². The molecule has 2 amide bonds. The number of benzene rings is 2. The molecule has 0 saturated carbocycles. The summed E-state index contributed by atoms with van der Waals surface area (Å²) in [5.41, 5.74) is 6.69. The third kappa shape index (κ3) is 6.29. The monoisotopic (exact) mass is 465 g/mol. The molecule has 0 aromatic heterocycles. The van der Waals surface area contributed by atoms with Gasteiger partial charge in [0.25, 0.3) is 11.8 Å². The Labute approximate surface area is 176 Å². The highest BCUT2D eigenvalue weighted by Crippen LogP contribution is 2.26. The van der Waals surface area contributed by atoms with Crippen LogP contribution in [-0.4, -0.2) is 37.3 Å². The van der Waals surface area contributed by atoms with Crippen LogP contribution in [0, 0.1) is 6.92 Å². The molecule has 0 heterocycles. The van der Waals surface area contributed by atoms with Gasteiger partial charge >= 0.3 is 0 Å². The molecule has 0 aliphatic heterocycles. The second-order valence-electron chi connectivity index (χ2n) is 5.66. The SMILES string of the molecule is COCCOc1ccc(C(=O)NC(=S)NNC(=O)c2ccccc2C)cc1Br. The maximum absolute atomic E-state index is 12.3. The van der Waals surface area contributed by atoms with Crippen molar-refractivity contribution in [2.24, 2.45) is 0 Å². The number of carbonyl (C=O) groups excluding carboxylic acids is 2. The van der Waals surface area contributed by atoms with E-state index in [4.69, 9.17) is 21.7 Å². The Bertz CT molecular complexity index is 876. The summed E-state index contributed by atoms with van der Waals surface area (Å²) in [7, 11) is 1.59. The summed E-state index contributed by atoms with van der Waals surface area (Å²) in [5, 5.41) is 2.48. The van der Waals surface area contributed by atoms with Gasteiger partial charge in [-0.2, -0.15) is 0 Å². The summed E-state index contributed by atoms with van der Waals surface area (Å²) in [6.45, 7) is 2.69. The second kappa shape index (κ2) is 10.7. The highest BCUT2D eigenvalue weighted by molar-refractivity contribution is 9.10. The molecule has 2 aromatic rings. The van der Waals surface area contributed by atoms with Crippen molar-refractivity contribution in [3.63, 3.8) is 0 Å². The molecule has 0 radical (unpaired) electrons. The fraction of sp³-hybridized carbons (Fsp3) is 0.211. The van der Waals surface area contributed by atoms with Crippen LogP contribution in [0.25, 0.3) is 0 Å². The van der Waals surface area contributed by atoms with E-state index in [0.717, 1.165) is 5.56 Å². The zero-order chi connectivity index (χ0) is 20.5. The topological polar surface area (TPSA) is 88.7 Å². The maximum Gasteiger partial charge on any atom is 0.269 e. The lowest BCUT2D eigenvalue weighted by Gasteiger charge is -2.12. The highest BCUT2D eigenvalue weighted by Gasteiger charge is 2.12. The Morgan fingerprint density at radius 3 is 2.50 bits per heavy atom. The van der Waals surface area contributed by atoms with Crippen LogP contribution >= 0.6 is 28.1 Å². The fourth-order valence-corrected chi connectivity index (χ4v) is 2.85. The van der Waals surface area contributed by atoms with Crippen molar-refractivity contribution in [3.05, 3.63) is 63.6 Å². The van der Waals surface area contributed by atoms with Gasteiger partial charge < -0.3 is 9.47 Å². The summed E-state index contributed by atoms with van der Waals surface area (Å²) in [4.78, 5) is 24.5. The Kier molecular flexibility index (Phi) is 8.37. The summed E-state index contributed by atoms with van der Waals surface area (Å²) in [6.07, 6.45) is 0. The van der Waals surface area contributed by atoms with Crippen molar-refractivity contribution in [2.75, 3.05) is 20.3 Å². The van der Waals surface area contributed by atoms with E-state index >= 15 is 0 Å². The average molecular weight is 466 g/mol. The van der Waals surface area contributed by atoms with E-state index in [0.29, 0.717) is 34.6 Å². The Morgan fingerprint density at radius 2 is 1.82 bits per heavy atom. The molecule has 0 aliphatic rings. The molecule has 0 bridgehead atoms. The molecule has 0 atom stereocenters. The molecule has 2 rings (SSSR count). The molecular formula is C19H20BrN3O4S. The minimum Gasteiger partial charge on any atom is -0.490 e. The quantitative estimate of drug-likeness (QED) is 0.345. The van der Waals surface area contributed by atoms with E-state index in [9.17, 15) is 9.59 Å². The number of hydrazine groups is 1. The van der Waals surface area contributed by atoms with Gasteiger partial charge in [0.15, 0.2) is 5.11 Å². The van der Waals surface area contributed by atoms with Crippen LogP contribution in [-0.2, 0) is 4.74 Å². The van der Waals surface area contributed by atoms with Gasteiger partial charge in [0.2, 0.25) is 0 Å². The van der Waals surface area contributed by atoms with Crippen LogP contribution in [0.2, 0.25) is 0 Å². The Morgan fingerprint density at radius 1 is 1.07 bits per heavy atom. The van der Waals surface area contributed by atoms with Gasteiger partial charge in [-0.25, -0.2) is 0 Å². The van der Waals surface area contributed by atoms with Crippen molar-refractivity contribution in [1.29, 1.82) is 0 Å². The maximum atomic E-state index is 12.3. The van der Waals surface area contributed by atoms with Crippen LogP contribution in [0.3, 0.4) is 0 Å². The normalized spacial score (nSPS) is 10.1. The number of amides is 2. The lowest BCUT2D eigenvalue weighted by atomic mass is 10.1. The molecule has 7 nitrogen and oxygen atoms in total. The van der Waals surface area contributed by atoms with Gasteiger partial charge in [0.1, 0.15) is 12.4 Å². The standard InChI is InChI=1S/C19H20BrN3O4S/c1-12-5-3-4-6-14(12)18(25)22-23-19(28)21-17(24)13-7-8-16(15(20)11-13)27-10-9-26-2/h3-8,11H,9-10H2,1-2H3,(H,22,25)(H2,21,23,24,28). The third-order valence-corrected chi connectivity index (χ3v) is 4.47. The number of thiocarbonyl (C=S) groups is 1. The highest BCUT2D eigenvalue weighted by atomic mass is 79.9. The van der Waals surface area contributed by atoms with Crippen molar-refractivity contribution < 1.29 is 19.1 Å². The van der Waals surface area contributed by atoms with Gasteiger partial charge in [-0.1, -0.05) is 18.2 Å². The Hall–Kier alpha value is -2.49. The number of nitrogens with one attached hydrogen (secondary N) is 3. The molecule has 0 unspecified atom stereocenters. The number of hydrogen-bond donors (Lipinski definition) is 3. The number of rotatable bonds is 6. The first kappa shape index (κ1) is 21.8. The van der Waals surface area contributed by atoms with Crippen LogP contribution < -0.4 is 20.9 Å². The van der Waals surface area contributed by atoms with Crippen LogP contribution in [0.15, 0.2) is 46.9 Å². The number of halogens is 1. The minimum absolute atomic E-state index is 0.0246. The van der Waals surface area contributed by atoms with Crippen molar-refractivity contribution in [2.45, 2.75) is 6.92 Å². The van der Waals surface area contributed by atoms with E-state index in [2.05, 4.69) is 32.1 Å². The van der Waals surface area contributed by atoms with Crippen LogP contribution in [0.4, 0.5) is 0 Å². The van der Waals surface area contributed by atoms with Gasteiger partial charge in [-0.15, -0.1) is 0 Å². The number of methoxy groups -OCH3 is 1. The number of carbonyl (C=O) groups is 2. The molecule has 3 N–H and O–H groups in total.